The molecule has 0 saturated carbocycles. The van der Waals surface area contributed by atoms with Crippen LogP contribution in [0.3, 0.4) is 0 Å². The fourth-order valence-electron chi connectivity index (χ4n) is 2.96. The number of hydrogen-bond acceptors (Lipinski definition) is 5. The molecule has 0 atom stereocenters. The van der Waals surface area contributed by atoms with E-state index in [1.54, 1.807) is 43.5 Å². The van der Waals surface area contributed by atoms with Gasteiger partial charge in [0.15, 0.2) is 5.43 Å². The van der Waals surface area contributed by atoms with Gasteiger partial charge in [0, 0.05) is 23.8 Å². The van der Waals surface area contributed by atoms with Crippen molar-refractivity contribution in [1.29, 1.82) is 0 Å². The molecule has 1 aromatic heterocycles. The number of fused-ring (bicyclic) bond motifs is 1. The van der Waals surface area contributed by atoms with E-state index in [1.807, 2.05) is 30.3 Å². The summed E-state index contributed by atoms with van der Waals surface area (Å²) in [6.07, 6.45) is 0. The molecule has 1 N–H and O–H groups in total. The van der Waals surface area contributed by atoms with Crippen LogP contribution in [-0.2, 0) is 6.61 Å². The number of phenols is 1. The molecule has 0 amide bonds. The summed E-state index contributed by atoms with van der Waals surface area (Å²) < 4.78 is 17.2. The number of phenolic OH excluding ortho intramolecular Hbond substituents is 1. The molecule has 0 aliphatic heterocycles. The van der Waals surface area contributed by atoms with Crippen LogP contribution in [0.5, 0.6) is 17.2 Å². The molecule has 5 heteroatoms. The van der Waals surface area contributed by atoms with Gasteiger partial charge in [-0.2, -0.15) is 0 Å². The second kappa shape index (κ2) is 7.48. The van der Waals surface area contributed by atoms with Crippen LogP contribution in [0, 0.1) is 0 Å². The Bertz CT molecular complexity index is 1160. The predicted molar refractivity (Wildman–Crippen MR) is 107 cm³/mol. The lowest BCUT2D eigenvalue weighted by Gasteiger charge is -2.12. The van der Waals surface area contributed by atoms with Gasteiger partial charge >= 0.3 is 0 Å². The molecule has 0 fully saturated rings. The standard InChI is InChI=1S/C23H18O5/c1-26-18-11-21(27-14-15-5-3-2-4-6-15)23-19(25)13-20(28-22(23)12-18)16-7-9-17(24)10-8-16/h2-13,24H,14H2,1H3. The van der Waals surface area contributed by atoms with Crippen LogP contribution in [0.2, 0.25) is 0 Å². The maximum atomic E-state index is 12.8. The summed E-state index contributed by atoms with van der Waals surface area (Å²) in [5, 5.41) is 9.82. The van der Waals surface area contributed by atoms with Crippen molar-refractivity contribution in [3.63, 3.8) is 0 Å². The van der Waals surface area contributed by atoms with Crippen LogP contribution in [-0.4, -0.2) is 12.2 Å². The van der Waals surface area contributed by atoms with E-state index in [2.05, 4.69) is 0 Å². The van der Waals surface area contributed by atoms with Crippen LogP contribution < -0.4 is 14.9 Å². The number of aromatic hydroxyl groups is 1. The number of hydrogen-bond donors (Lipinski definition) is 1. The molecular weight excluding hydrogens is 356 g/mol. The van der Waals surface area contributed by atoms with Crippen molar-refractivity contribution in [3.05, 3.63) is 88.6 Å². The third kappa shape index (κ3) is 3.55. The minimum Gasteiger partial charge on any atom is -0.508 e. The smallest absolute Gasteiger partial charge is 0.197 e. The highest BCUT2D eigenvalue weighted by molar-refractivity contribution is 5.86. The Balaban J connectivity index is 1.79. The van der Waals surface area contributed by atoms with Gasteiger partial charge in [-0.15, -0.1) is 0 Å². The molecule has 1 heterocycles. The lowest BCUT2D eigenvalue weighted by molar-refractivity contribution is 0.307. The third-order valence-corrected chi connectivity index (χ3v) is 4.39. The number of rotatable bonds is 5. The van der Waals surface area contributed by atoms with Gasteiger partial charge in [-0.05, 0) is 29.8 Å². The van der Waals surface area contributed by atoms with Crippen molar-refractivity contribution in [2.24, 2.45) is 0 Å². The Morgan fingerprint density at radius 2 is 1.71 bits per heavy atom. The first-order valence-corrected chi connectivity index (χ1v) is 8.76. The lowest BCUT2D eigenvalue weighted by Crippen LogP contribution is -2.05. The van der Waals surface area contributed by atoms with E-state index in [-0.39, 0.29) is 11.2 Å². The SMILES string of the molecule is COc1cc(OCc2ccccc2)c2c(=O)cc(-c3ccc(O)cc3)oc2c1. The summed E-state index contributed by atoms with van der Waals surface area (Å²) in [5.41, 5.74) is 1.84. The van der Waals surface area contributed by atoms with E-state index in [1.165, 1.54) is 6.07 Å². The minimum absolute atomic E-state index is 0.144. The molecule has 4 rings (SSSR count). The first-order chi connectivity index (χ1) is 13.6. The summed E-state index contributed by atoms with van der Waals surface area (Å²) in [4.78, 5) is 12.8. The van der Waals surface area contributed by atoms with Crippen molar-refractivity contribution in [2.45, 2.75) is 6.61 Å². The fourth-order valence-corrected chi connectivity index (χ4v) is 2.96. The van der Waals surface area contributed by atoms with Gasteiger partial charge in [-0.3, -0.25) is 4.79 Å². The second-order valence-electron chi connectivity index (χ2n) is 6.29. The van der Waals surface area contributed by atoms with Crippen molar-refractivity contribution in [1.82, 2.24) is 0 Å². The average Bonchev–Trinajstić information content (AvgIpc) is 2.72. The number of methoxy groups -OCH3 is 1. The number of benzene rings is 3. The minimum atomic E-state index is -0.213. The van der Waals surface area contributed by atoms with Gasteiger partial charge in [0.25, 0.3) is 0 Å². The van der Waals surface area contributed by atoms with Crippen molar-refractivity contribution in [3.8, 4) is 28.6 Å². The molecule has 5 nitrogen and oxygen atoms in total. The van der Waals surface area contributed by atoms with E-state index in [4.69, 9.17) is 13.9 Å². The molecule has 0 aliphatic rings. The van der Waals surface area contributed by atoms with Gasteiger partial charge in [0.2, 0.25) is 0 Å². The summed E-state index contributed by atoms with van der Waals surface area (Å²) in [7, 11) is 1.55. The van der Waals surface area contributed by atoms with Gasteiger partial charge in [0.1, 0.15) is 40.6 Å². The maximum Gasteiger partial charge on any atom is 0.197 e. The van der Waals surface area contributed by atoms with E-state index in [9.17, 15) is 9.90 Å². The summed E-state index contributed by atoms with van der Waals surface area (Å²) in [6, 6.07) is 20.9. The van der Waals surface area contributed by atoms with Crippen LogP contribution in [0.15, 0.2) is 82.0 Å². The highest BCUT2D eigenvalue weighted by atomic mass is 16.5. The van der Waals surface area contributed by atoms with E-state index in [0.29, 0.717) is 40.4 Å². The Hall–Kier alpha value is -3.73. The first kappa shape index (κ1) is 17.7. The molecule has 28 heavy (non-hydrogen) atoms. The largest absolute Gasteiger partial charge is 0.508 e. The Kier molecular flexibility index (Phi) is 4.72. The molecule has 4 aromatic rings. The van der Waals surface area contributed by atoms with E-state index >= 15 is 0 Å². The maximum absolute atomic E-state index is 12.8. The van der Waals surface area contributed by atoms with Gasteiger partial charge in [0.05, 0.1) is 7.11 Å². The zero-order valence-electron chi connectivity index (χ0n) is 15.2. The lowest BCUT2D eigenvalue weighted by atomic mass is 10.1. The molecule has 0 unspecified atom stereocenters. The predicted octanol–water partition coefficient (Wildman–Crippen LogP) is 4.75. The summed E-state index contributed by atoms with van der Waals surface area (Å²) >= 11 is 0. The quantitative estimate of drug-likeness (QED) is 0.546. The highest BCUT2D eigenvalue weighted by Gasteiger charge is 2.14. The third-order valence-electron chi connectivity index (χ3n) is 4.39. The highest BCUT2D eigenvalue weighted by Crippen LogP contribution is 2.32. The average molecular weight is 374 g/mol. The molecule has 0 aliphatic carbocycles. The Morgan fingerprint density at radius 3 is 2.43 bits per heavy atom. The molecule has 0 saturated heterocycles. The van der Waals surface area contributed by atoms with Crippen LogP contribution in [0.1, 0.15) is 5.56 Å². The van der Waals surface area contributed by atoms with E-state index in [0.717, 1.165) is 5.56 Å². The summed E-state index contributed by atoms with van der Waals surface area (Å²) in [5.74, 6) is 1.48. The van der Waals surface area contributed by atoms with Gasteiger partial charge in [-0.25, -0.2) is 0 Å². The van der Waals surface area contributed by atoms with Crippen molar-refractivity contribution < 1.29 is 19.0 Å². The normalized spacial score (nSPS) is 10.8. The first-order valence-electron chi connectivity index (χ1n) is 8.76. The molecule has 3 aromatic carbocycles. The second-order valence-corrected chi connectivity index (χ2v) is 6.29. The van der Waals surface area contributed by atoms with Crippen molar-refractivity contribution >= 4 is 11.0 Å². The van der Waals surface area contributed by atoms with Crippen molar-refractivity contribution in [2.75, 3.05) is 7.11 Å². The number of ether oxygens (including phenoxy) is 2. The van der Waals surface area contributed by atoms with Crippen LogP contribution in [0.25, 0.3) is 22.3 Å². The van der Waals surface area contributed by atoms with Gasteiger partial charge in [-0.1, -0.05) is 30.3 Å². The Labute approximate surface area is 161 Å². The van der Waals surface area contributed by atoms with E-state index < -0.39 is 0 Å². The Morgan fingerprint density at radius 1 is 0.964 bits per heavy atom. The molecule has 0 radical (unpaired) electrons. The van der Waals surface area contributed by atoms with Crippen LogP contribution in [0.4, 0.5) is 0 Å². The molecule has 140 valence electrons. The topological polar surface area (TPSA) is 68.9 Å². The fraction of sp³-hybridized carbons (Fsp3) is 0.0870. The zero-order chi connectivity index (χ0) is 19.5. The molecule has 0 bridgehead atoms. The monoisotopic (exact) mass is 374 g/mol. The van der Waals surface area contributed by atoms with Crippen LogP contribution >= 0.6 is 0 Å². The summed E-state index contributed by atoms with van der Waals surface area (Å²) in [6.45, 7) is 0.322. The molecule has 0 spiro atoms. The van der Waals surface area contributed by atoms with Gasteiger partial charge < -0.3 is 19.0 Å². The zero-order valence-corrected chi connectivity index (χ0v) is 15.2. The molecular formula is C23H18O5.